The van der Waals surface area contributed by atoms with Gasteiger partial charge in [0, 0.05) is 31.2 Å². The highest BCUT2D eigenvalue weighted by Gasteiger charge is 2.24. The molecule has 2 N–H and O–H groups in total. The van der Waals surface area contributed by atoms with Crippen molar-refractivity contribution >= 4 is 5.91 Å². The first-order valence-corrected chi connectivity index (χ1v) is 10.1. The summed E-state index contributed by atoms with van der Waals surface area (Å²) in [6, 6.07) is 9.14. The van der Waals surface area contributed by atoms with Crippen molar-refractivity contribution in [3.63, 3.8) is 0 Å². The van der Waals surface area contributed by atoms with E-state index in [2.05, 4.69) is 21.0 Å². The van der Waals surface area contributed by atoms with Gasteiger partial charge in [-0.1, -0.05) is 19.3 Å². The van der Waals surface area contributed by atoms with Gasteiger partial charge in [0.25, 0.3) is 5.91 Å². The van der Waals surface area contributed by atoms with Gasteiger partial charge in [-0.3, -0.25) is 14.4 Å². The van der Waals surface area contributed by atoms with E-state index in [-0.39, 0.29) is 11.7 Å². The largest absolute Gasteiger partial charge is 0.508 e. The molecule has 1 amide bonds. The standard InChI is InChI=1S/C21H28N4O2/c26-20-9-7-16(8-10-20)21(27)22-14-17-13-19-15-24(11-4-12-25(19)23-17)18-5-2-1-3-6-18/h7-10,13,18,26H,1-6,11-12,14-15H2,(H,22,27). The van der Waals surface area contributed by atoms with Gasteiger partial charge in [-0.15, -0.1) is 0 Å². The fourth-order valence-corrected chi connectivity index (χ4v) is 4.28. The van der Waals surface area contributed by atoms with Crippen LogP contribution in [-0.4, -0.2) is 38.3 Å². The van der Waals surface area contributed by atoms with E-state index in [1.54, 1.807) is 12.1 Å². The van der Waals surface area contributed by atoms with Gasteiger partial charge in [0.15, 0.2) is 0 Å². The van der Waals surface area contributed by atoms with E-state index in [1.165, 1.54) is 49.9 Å². The Morgan fingerprint density at radius 3 is 2.67 bits per heavy atom. The zero-order chi connectivity index (χ0) is 18.6. The van der Waals surface area contributed by atoms with E-state index in [0.29, 0.717) is 12.1 Å². The number of rotatable bonds is 4. The number of aryl methyl sites for hydroxylation is 1. The van der Waals surface area contributed by atoms with Crippen LogP contribution in [0.25, 0.3) is 0 Å². The van der Waals surface area contributed by atoms with E-state index in [1.807, 2.05) is 0 Å². The number of phenols is 1. The van der Waals surface area contributed by atoms with Gasteiger partial charge in [-0.05, 0) is 49.6 Å². The summed E-state index contributed by atoms with van der Waals surface area (Å²) in [6.07, 6.45) is 7.87. The Morgan fingerprint density at radius 2 is 1.89 bits per heavy atom. The molecule has 0 spiro atoms. The summed E-state index contributed by atoms with van der Waals surface area (Å²) in [5.74, 6) is 0.00828. The van der Waals surface area contributed by atoms with Crippen molar-refractivity contribution in [1.82, 2.24) is 20.0 Å². The quantitative estimate of drug-likeness (QED) is 0.870. The van der Waals surface area contributed by atoms with Crippen LogP contribution in [-0.2, 0) is 19.6 Å². The first-order valence-electron chi connectivity index (χ1n) is 10.1. The van der Waals surface area contributed by atoms with E-state index in [9.17, 15) is 9.90 Å². The number of phenolic OH excluding ortho intramolecular Hbond substituents is 1. The van der Waals surface area contributed by atoms with E-state index in [0.717, 1.165) is 37.8 Å². The fourth-order valence-electron chi connectivity index (χ4n) is 4.28. The minimum absolute atomic E-state index is 0.151. The van der Waals surface area contributed by atoms with Crippen LogP contribution in [0.3, 0.4) is 0 Å². The Kier molecular flexibility index (Phi) is 5.43. The van der Waals surface area contributed by atoms with Gasteiger partial charge in [0.05, 0.1) is 17.9 Å². The molecule has 2 aliphatic rings. The molecule has 4 rings (SSSR count). The highest BCUT2D eigenvalue weighted by molar-refractivity contribution is 5.94. The molecule has 1 saturated carbocycles. The normalized spacial score (nSPS) is 18.7. The second kappa shape index (κ2) is 8.13. The van der Waals surface area contributed by atoms with Gasteiger partial charge in [0.1, 0.15) is 5.75 Å². The highest BCUT2D eigenvalue weighted by atomic mass is 16.3. The number of amides is 1. The molecule has 0 radical (unpaired) electrons. The van der Waals surface area contributed by atoms with Crippen LogP contribution in [0.1, 0.15) is 60.3 Å². The Bertz CT molecular complexity index is 778. The van der Waals surface area contributed by atoms with Gasteiger partial charge >= 0.3 is 0 Å². The number of carbonyl (C=O) groups is 1. The average molecular weight is 368 g/mol. The zero-order valence-electron chi connectivity index (χ0n) is 15.7. The molecule has 144 valence electrons. The molecule has 1 aromatic carbocycles. The molecular formula is C21H28N4O2. The van der Waals surface area contributed by atoms with Crippen molar-refractivity contribution < 1.29 is 9.90 Å². The molecule has 0 unspecified atom stereocenters. The molecule has 0 saturated heterocycles. The zero-order valence-corrected chi connectivity index (χ0v) is 15.7. The lowest BCUT2D eigenvalue weighted by Crippen LogP contribution is -2.36. The van der Waals surface area contributed by atoms with Crippen molar-refractivity contribution in [1.29, 1.82) is 0 Å². The maximum atomic E-state index is 12.3. The number of nitrogens with zero attached hydrogens (tertiary/aromatic N) is 3. The maximum absolute atomic E-state index is 12.3. The summed E-state index contributed by atoms with van der Waals surface area (Å²) >= 11 is 0. The molecule has 1 aromatic heterocycles. The first-order chi connectivity index (χ1) is 13.2. The summed E-state index contributed by atoms with van der Waals surface area (Å²) in [5.41, 5.74) is 2.70. The summed E-state index contributed by atoms with van der Waals surface area (Å²) < 4.78 is 2.12. The van der Waals surface area contributed by atoms with E-state index >= 15 is 0 Å². The second-order valence-corrected chi connectivity index (χ2v) is 7.70. The number of nitrogens with one attached hydrogen (secondary N) is 1. The third-order valence-electron chi connectivity index (χ3n) is 5.74. The monoisotopic (exact) mass is 368 g/mol. The smallest absolute Gasteiger partial charge is 0.251 e. The van der Waals surface area contributed by atoms with E-state index < -0.39 is 0 Å². The van der Waals surface area contributed by atoms with Gasteiger partial charge in [0.2, 0.25) is 0 Å². The summed E-state index contributed by atoms with van der Waals surface area (Å²) in [7, 11) is 0. The second-order valence-electron chi connectivity index (χ2n) is 7.70. The van der Waals surface area contributed by atoms with Crippen LogP contribution in [0.15, 0.2) is 30.3 Å². The van der Waals surface area contributed by atoms with Crippen LogP contribution in [0.4, 0.5) is 0 Å². The molecular weight excluding hydrogens is 340 g/mol. The molecule has 2 aromatic rings. The summed E-state index contributed by atoms with van der Waals surface area (Å²) in [5, 5.41) is 17.0. The SMILES string of the molecule is O=C(NCc1cc2n(n1)CCCN(C1CCCCC1)C2)c1ccc(O)cc1. The number of benzene rings is 1. The minimum Gasteiger partial charge on any atom is -0.508 e. The third-order valence-corrected chi connectivity index (χ3v) is 5.74. The fraction of sp³-hybridized carbons (Fsp3) is 0.524. The van der Waals surface area contributed by atoms with Gasteiger partial charge in [-0.25, -0.2) is 0 Å². The molecule has 6 heteroatoms. The average Bonchev–Trinajstić information content (AvgIpc) is 2.97. The minimum atomic E-state index is -0.151. The number of aromatic hydroxyl groups is 1. The van der Waals surface area contributed by atoms with Crippen molar-refractivity contribution in [3.05, 3.63) is 47.3 Å². The number of fused-ring (bicyclic) bond motifs is 1. The highest BCUT2D eigenvalue weighted by Crippen LogP contribution is 2.26. The topological polar surface area (TPSA) is 70.4 Å². The number of hydrogen-bond donors (Lipinski definition) is 2. The van der Waals surface area contributed by atoms with Gasteiger partial charge < -0.3 is 10.4 Å². The number of hydrogen-bond acceptors (Lipinski definition) is 4. The van der Waals surface area contributed by atoms with E-state index in [4.69, 9.17) is 5.10 Å². The number of aromatic nitrogens is 2. The van der Waals surface area contributed by atoms with Crippen molar-refractivity contribution in [2.45, 2.75) is 64.2 Å². The Balaban J connectivity index is 1.38. The molecule has 1 aliphatic heterocycles. The lowest BCUT2D eigenvalue weighted by molar-refractivity contribution is 0.0950. The Morgan fingerprint density at radius 1 is 1.11 bits per heavy atom. The lowest BCUT2D eigenvalue weighted by atomic mass is 9.94. The molecule has 0 bridgehead atoms. The van der Waals surface area contributed by atoms with Crippen LogP contribution >= 0.6 is 0 Å². The molecule has 6 nitrogen and oxygen atoms in total. The van der Waals surface area contributed by atoms with Crippen LogP contribution < -0.4 is 5.32 Å². The first kappa shape index (κ1) is 18.0. The lowest BCUT2D eigenvalue weighted by Gasteiger charge is -2.33. The Labute approximate surface area is 160 Å². The predicted octanol–water partition coefficient (Wildman–Crippen LogP) is 3.06. The molecule has 2 heterocycles. The third kappa shape index (κ3) is 4.33. The van der Waals surface area contributed by atoms with Crippen molar-refractivity contribution in [2.75, 3.05) is 6.54 Å². The van der Waals surface area contributed by atoms with Crippen LogP contribution in [0, 0.1) is 0 Å². The molecule has 27 heavy (non-hydrogen) atoms. The summed E-state index contributed by atoms with van der Waals surface area (Å²) in [6.45, 7) is 3.48. The van der Waals surface area contributed by atoms with Crippen molar-refractivity contribution in [2.24, 2.45) is 0 Å². The predicted molar refractivity (Wildman–Crippen MR) is 103 cm³/mol. The summed E-state index contributed by atoms with van der Waals surface area (Å²) in [4.78, 5) is 14.9. The van der Waals surface area contributed by atoms with Crippen LogP contribution in [0.2, 0.25) is 0 Å². The Hall–Kier alpha value is -2.34. The molecule has 1 aliphatic carbocycles. The molecule has 0 atom stereocenters. The van der Waals surface area contributed by atoms with Crippen molar-refractivity contribution in [3.8, 4) is 5.75 Å². The van der Waals surface area contributed by atoms with Gasteiger partial charge in [-0.2, -0.15) is 5.10 Å². The molecule has 1 fully saturated rings. The maximum Gasteiger partial charge on any atom is 0.251 e. The van der Waals surface area contributed by atoms with Crippen LogP contribution in [0.5, 0.6) is 5.75 Å². The number of carbonyl (C=O) groups excluding carboxylic acids is 1.